The van der Waals surface area contributed by atoms with Crippen LogP contribution in [0.1, 0.15) is 34.1 Å². The van der Waals surface area contributed by atoms with Crippen LogP contribution >= 0.6 is 11.6 Å². The molecule has 2 amide bonds. The van der Waals surface area contributed by atoms with E-state index in [1.165, 1.54) is 21.1 Å². The zero-order chi connectivity index (χ0) is 18.5. The van der Waals surface area contributed by atoms with Gasteiger partial charge in [0.2, 0.25) is 11.8 Å². The molecule has 7 heteroatoms. The van der Waals surface area contributed by atoms with Gasteiger partial charge in [0.1, 0.15) is 11.5 Å². The monoisotopic (exact) mass is 356 g/mol. The number of nitrogens with one attached hydrogen (secondary N) is 1. The van der Waals surface area contributed by atoms with E-state index in [0.717, 1.165) is 0 Å². The molecule has 1 rings (SSSR count). The van der Waals surface area contributed by atoms with E-state index in [1.807, 2.05) is 20.8 Å². The summed E-state index contributed by atoms with van der Waals surface area (Å²) in [6, 6.07) is 3.18. The third-order valence-corrected chi connectivity index (χ3v) is 3.80. The van der Waals surface area contributed by atoms with E-state index in [-0.39, 0.29) is 23.8 Å². The van der Waals surface area contributed by atoms with Crippen molar-refractivity contribution < 1.29 is 19.1 Å². The van der Waals surface area contributed by atoms with Gasteiger partial charge in [-0.3, -0.25) is 9.59 Å². The SMILES string of the molecule is COc1cc(NC(=O)CCN(C(C)=O)C(C)(C)C)c(OC)cc1Cl. The van der Waals surface area contributed by atoms with Crippen LogP contribution in [0, 0.1) is 0 Å². The Morgan fingerprint density at radius 2 is 1.75 bits per heavy atom. The third kappa shape index (κ3) is 5.30. The molecule has 0 saturated heterocycles. The van der Waals surface area contributed by atoms with Gasteiger partial charge >= 0.3 is 0 Å². The first-order valence-electron chi connectivity index (χ1n) is 7.59. The zero-order valence-corrected chi connectivity index (χ0v) is 15.8. The molecular weight excluding hydrogens is 332 g/mol. The number of methoxy groups -OCH3 is 2. The first-order chi connectivity index (χ1) is 11.1. The number of benzene rings is 1. The summed E-state index contributed by atoms with van der Waals surface area (Å²) in [6.07, 6.45) is 0.172. The maximum Gasteiger partial charge on any atom is 0.226 e. The van der Waals surface area contributed by atoms with Crippen molar-refractivity contribution in [2.45, 2.75) is 39.7 Å². The smallest absolute Gasteiger partial charge is 0.226 e. The topological polar surface area (TPSA) is 67.9 Å². The maximum atomic E-state index is 12.2. The molecule has 0 saturated carbocycles. The Kier molecular flexibility index (Phi) is 6.90. The molecule has 24 heavy (non-hydrogen) atoms. The number of hydrogen-bond donors (Lipinski definition) is 1. The number of hydrogen-bond acceptors (Lipinski definition) is 4. The molecule has 0 bridgehead atoms. The van der Waals surface area contributed by atoms with Gasteiger partial charge in [-0.1, -0.05) is 11.6 Å². The fourth-order valence-corrected chi connectivity index (χ4v) is 2.58. The van der Waals surface area contributed by atoms with E-state index in [0.29, 0.717) is 28.8 Å². The van der Waals surface area contributed by atoms with E-state index >= 15 is 0 Å². The van der Waals surface area contributed by atoms with Crippen molar-refractivity contribution in [1.29, 1.82) is 0 Å². The van der Waals surface area contributed by atoms with E-state index < -0.39 is 0 Å². The first-order valence-corrected chi connectivity index (χ1v) is 7.97. The van der Waals surface area contributed by atoms with Crippen molar-refractivity contribution in [3.05, 3.63) is 17.2 Å². The Morgan fingerprint density at radius 1 is 1.17 bits per heavy atom. The average Bonchev–Trinajstić information content (AvgIpc) is 2.46. The molecule has 1 aromatic carbocycles. The average molecular weight is 357 g/mol. The molecule has 0 fully saturated rings. The van der Waals surface area contributed by atoms with Gasteiger partial charge in [-0.25, -0.2) is 0 Å². The molecule has 6 nitrogen and oxygen atoms in total. The molecule has 0 spiro atoms. The maximum absolute atomic E-state index is 12.2. The number of carbonyl (C=O) groups excluding carboxylic acids is 2. The molecule has 0 atom stereocenters. The summed E-state index contributed by atoms with van der Waals surface area (Å²) in [7, 11) is 2.98. The second-order valence-corrected chi connectivity index (χ2v) is 6.73. The molecule has 0 aliphatic carbocycles. The second-order valence-electron chi connectivity index (χ2n) is 6.33. The highest BCUT2D eigenvalue weighted by atomic mass is 35.5. The largest absolute Gasteiger partial charge is 0.495 e. The minimum atomic E-state index is -0.340. The molecule has 0 aliphatic rings. The van der Waals surface area contributed by atoms with Gasteiger partial charge in [0.15, 0.2) is 0 Å². The molecular formula is C17H25ClN2O4. The van der Waals surface area contributed by atoms with Crippen molar-refractivity contribution >= 4 is 29.1 Å². The van der Waals surface area contributed by atoms with Crippen LogP contribution in [-0.4, -0.2) is 43.0 Å². The van der Waals surface area contributed by atoms with Crippen LogP contribution < -0.4 is 14.8 Å². The van der Waals surface area contributed by atoms with E-state index in [1.54, 1.807) is 17.0 Å². The number of amides is 2. The molecule has 0 aliphatic heterocycles. The lowest BCUT2D eigenvalue weighted by molar-refractivity contribution is -0.134. The number of anilines is 1. The number of nitrogens with zero attached hydrogens (tertiary/aromatic N) is 1. The lowest BCUT2D eigenvalue weighted by atomic mass is 10.1. The molecule has 1 N–H and O–H groups in total. The summed E-state index contributed by atoms with van der Waals surface area (Å²) in [5.41, 5.74) is 0.127. The lowest BCUT2D eigenvalue weighted by Crippen LogP contribution is -2.45. The fourth-order valence-electron chi connectivity index (χ4n) is 2.35. The Bertz CT molecular complexity index is 611. The standard InChI is InChI=1S/C17H25ClN2O4/c1-11(21)20(17(2,3)4)8-7-16(22)19-13-10-14(23-5)12(18)9-15(13)24-6/h9-10H,7-8H2,1-6H3,(H,19,22). The molecule has 0 heterocycles. The predicted molar refractivity (Wildman–Crippen MR) is 94.9 cm³/mol. The second kappa shape index (κ2) is 8.24. The van der Waals surface area contributed by atoms with Crippen LogP contribution in [0.2, 0.25) is 5.02 Å². The highest BCUT2D eigenvalue weighted by Crippen LogP contribution is 2.35. The zero-order valence-electron chi connectivity index (χ0n) is 15.0. The van der Waals surface area contributed by atoms with Gasteiger partial charge in [-0.05, 0) is 20.8 Å². The summed E-state index contributed by atoms with van der Waals surface area (Å²) in [5.74, 6) is 0.579. The van der Waals surface area contributed by atoms with Crippen LogP contribution in [0.3, 0.4) is 0 Å². The van der Waals surface area contributed by atoms with Crippen molar-refractivity contribution in [1.82, 2.24) is 4.90 Å². The molecule has 0 radical (unpaired) electrons. The Hall–Kier alpha value is -1.95. The number of carbonyl (C=O) groups is 2. The highest BCUT2D eigenvalue weighted by molar-refractivity contribution is 6.32. The number of halogens is 1. The summed E-state index contributed by atoms with van der Waals surface area (Å²) in [4.78, 5) is 25.6. The Balaban J connectivity index is 2.83. The van der Waals surface area contributed by atoms with Crippen molar-refractivity contribution in [2.75, 3.05) is 26.1 Å². The number of ether oxygens (including phenoxy) is 2. The van der Waals surface area contributed by atoms with Crippen LogP contribution in [-0.2, 0) is 9.59 Å². The first kappa shape index (κ1) is 20.1. The summed E-state index contributed by atoms with van der Waals surface area (Å²) in [6.45, 7) is 7.62. The number of rotatable bonds is 6. The minimum absolute atomic E-state index is 0.0685. The Labute approximate surface area is 148 Å². The Morgan fingerprint density at radius 3 is 2.21 bits per heavy atom. The lowest BCUT2D eigenvalue weighted by Gasteiger charge is -2.34. The van der Waals surface area contributed by atoms with Crippen molar-refractivity contribution in [2.24, 2.45) is 0 Å². The third-order valence-electron chi connectivity index (χ3n) is 3.50. The van der Waals surface area contributed by atoms with Gasteiger partial charge < -0.3 is 19.7 Å². The van der Waals surface area contributed by atoms with E-state index in [2.05, 4.69) is 5.32 Å². The van der Waals surface area contributed by atoms with Gasteiger partial charge in [0.25, 0.3) is 0 Å². The summed E-state index contributed by atoms with van der Waals surface area (Å²) >= 11 is 6.04. The van der Waals surface area contributed by atoms with Gasteiger partial charge in [0, 0.05) is 37.6 Å². The van der Waals surface area contributed by atoms with Gasteiger partial charge in [-0.2, -0.15) is 0 Å². The quantitative estimate of drug-likeness (QED) is 0.848. The van der Waals surface area contributed by atoms with E-state index in [4.69, 9.17) is 21.1 Å². The molecule has 1 aromatic rings. The fraction of sp³-hybridized carbons (Fsp3) is 0.529. The highest BCUT2D eigenvalue weighted by Gasteiger charge is 2.24. The van der Waals surface area contributed by atoms with Crippen LogP contribution in [0.4, 0.5) is 5.69 Å². The van der Waals surface area contributed by atoms with Crippen LogP contribution in [0.25, 0.3) is 0 Å². The van der Waals surface area contributed by atoms with Crippen molar-refractivity contribution in [3.8, 4) is 11.5 Å². The van der Waals surface area contributed by atoms with Gasteiger partial charge in [0.05, 0.1) is 24.9 Å². The summed E-state index contributed by atoms with van der Waals surface area (Å²) in [5, 5.41) is 3.16. The molecule has 0 unspecified atom stereocenters. The minimum Gasteiger partial charge on any atom is -0.495 e. The van der Waals surface area contributed by atoms with Crippen LogP contribution in [0.5, 0.6) is 11.5 Å². The summed E-state index contributed by atoms with van der Waals surface area (Å²) < 4.78 is 10.4. The van der Waals surface area contributed by atoms with E-state index in [9.17, 15) is 9.59 Å². The van der Waals surface area contributed by atoms with Crippen LogP contribution in [0.15, 0.2) is 12.1 Å². The van der Waals surface area contributed by atoms with Gasteiger partial charge in [-0.15, -0.1) is 0 Å². The molecule has 134 valence electrons. The predicted octanol–water partition coefficient (Wildman–Crippen LogP) is 3.33. The van der Waals surface area contributed by atoms with Crippen molar-refractivity contribution in [3.63, 3.8) is 0 Å². The molecule has 0 aromatic heterocycles. The normalized spacial score (nSPS) is 11.0.